The zero-order valence-corrected chi connectivity index (χ0v) is 16.7. The van der Waals surface area contributed by atoms with Crippen LogP contribution in [0.25, 0.3) is 0 Å². The Morgan fingerprint density at radius 3 is 2.85 bits per heavy atom. The highest BCUT2D eigenvalue weighted by atomic mass is 79.9. The van der Waals surface area contributed by atoms with Gasteiger partial charge in [0, 0.05) is 15.8 Å². The molecular weight excluding hydrogens is 414 g/mol. The van der Waals surface area contributed by atoms with Crippen molar-refractivity contribution in [1.82, 2.24) is 10.9 Å². The average molecular weight is 434 g/mol. The number of aryl methyl sites for hydroxylation is 1. The number of hydrazine groups is 1. The van der Waals surface area contributed by atoms with Crippen LogP contribution in [0.3, 0.4) is 0 Å². The van der Waals surface area contributed by atoms with Gasteiger partial charge in [0.2, 0.25) is 5.91 Å². The third kappa shape index (κ3) is 5.76. The summed E-state index contributed by atoms with van der Waals surface area (Å²) in [6.45, 7) is 2.72. The van der Waals surface area contributed by atoms with E-state index in [4.69, 9.17) is 0 Å². The molecule has 1 aliphatic heterocycles. The fourth-order valence-corrected chi connectivity index (χ4v) is 3.46. The van der Waals surface area contributed by atoms with E-state index in [2.05, 4.69) is 61.5 Å². The van der Waals surface area contributed by atoms with Crippen molar-refractivity contribution < 1.29 is 4.79 Å². The molecule has 6 nitrogen and oxygen atoms in total. The van der Waals surface area contributed by atoms with Gasteiger partial charge in [0.15, 0.2) is 5.17 Å². The predicted molar refractivity (Wildman–Crippen MR) is 112 cm³/mol. The van der Waals surface area contributed by atoms with E-state index in [0.717, 1.165) is 15.8 Å². The van der Waals surface area contributed by atoms with Gasteiger partial charge >= 0.3 is 0 Å². The van der Waals surface area contributed by atoms with Gasteiger partial charge in [-0.05, 0) is 42.8 Å². The summed E-state index contributed by atoms with van der Waals surface area (Å²) in [5.74, 6) is 0.219. The quantitative estimate of drug-likeness (QED) is 0.561. The van der Waals surface area contributed by atoms with Crippen LogP contribution in [-0.4, -0.2) is 29.5 Å². The number of hydrogen-bond acceptors (Lipinski definition) is 6. The van der Waals surface area contributed by atoms with Crippen molar-refractivity contribution >= 4 is 50.1 Å². The molecule has 136 valence electrons. The normalized spacial score (nSPS) is 15.9. The second-order valence-electron chi connectivity index (χ2n) is 5.82. The number of anilines is 2. The fourth-order valence-electron chi connectivity index (χ4n) is 2.39. The molecule has 2 aromatic rings. The maximum Gasteiger partial charge on any atom is 0.234 e. The highest BCUT2D eigenvalue weighted by Crippen LogP contribution is 2.16. The maximum absolute atomic E-state index is 12.0. The Hall–Kier alpha value is -2.03. The number of thioether (sulfide) groups is 1. The number of hydrogen-bond donors (Lipinski definition) is 4. The van der Waals surface area contributed by atoms with E-state index in [1.165, 1.54) is 17.3 Å². The minimum atomic E-state index is -0.0776. The molecule has 0 aromatic heterocycles. The molecule has 1 heterocycles. The molecule has 0 spiro atoms. The van der Waals surface area contributed by atoms with Crippen LogP contribution in [0.5, 0.6) is 0 Å². The summed E-state index contributed by atoms with van der Waals surface area (Å²) in [5, 5.41) is 6.93. The molecule has 0 fully saturated rings. The molecule has 1 unspecified atom stereocenters. The van der Waals surface area contributed by atoms with Gasteiger partial charge in [0.25, 0.3) is 0 Å². The fraction of sp³-hybridized carbons (Fsp3) is 0.222. The second-order valence-corrected chi connectivity index (χ2v) is 7.70. The van der Waals surface area contributed by atoms with Crippen molar-refractivity contribution in [3.63, 3.8) is 0 Å². The van der Waals surface area contributed by atoms with Crippen LogP contribution in [0, 0.1) is 6.92 Å². The molecule has 3 rings (SSSR count). The molecule has 2 aromatic carbocycles. The van der Waals surface area contributed by atoms with Crippen LogP contribution >= 0.6 is 27.7 Å². The minimum Gasteiger partial charge on any atom is -0.381 e. The van der Waals surface area contributed by atoms with E-state index in [1.54, 1.807) is 0 Å². The predicted octanol–water partition coefficient (Wildman–Crippen LogP) is 3.33. The number of nitrogens with one attached hydrogen (secondary N) is 4. The van der Waals surface area contributed by atoms with Crippen LogP contribution < -0.4 is 21.5 Å². The van der Waals surface area contributed by atoms with Gasteiger partial charge in [-0.1, -0.05) is 45.9 Å². The van der Waals surface area contributed by atoms with E-state index < -0.39 is 0 Å². The van der Waals surface area contributed by atoms with Gasteiger partial charge in [-0.3, -0.25) is 10.2 Å². The summed E-state index contributed by atoms with van der Waals surface area (Å²) in [7, 11) is 0. The lowest BCUT2D eigenvalue weighted by molar-refractivity contribution is -0.113. The van der Waals surface area contributed by atoms with E-state index in [-0.39, 0.29) is 17.8 Å². The zero-order chi connectivity index (χ0) is 18.4. The molecule has 0 aliphatic carbocycles. The number of rotatable bonds is 6. The van der Waals surface area contributed by atoms with E-state index in [9.17, 15) is 4.79 Å². The topological polar surface area (TPSA) is 77.5 Å². The lowest BCUT2D eigenvalue weighted by Gasteiger charge is -2.10. The lowest BCUT2D eigenvalue weighted by atomic mass is 10.2. The molecule has 4 N–H and O–H groups in total. The first-order valence-corrected chi connectivity index (χ1v) is 9.94. The Labute approximate surface area is 165 Å². The maximum atomic E-state index is 12.0. The molecular formula is C18H20BrN5OS. The summed E-state index contributed by atoms with van der Waals surface area (Å²) in [5.41, 5.74) is 9.16. The van der Waals surface area contributed by atoms with E-state index in [0.29, 0.717) is 11.7 Å². The van der Waals surface area contributed by atoms with Crippen LogP contribution in [0.15, 0.2) is 58.0 Å². The number of amidine groups is 1. The van der Waals surface area contributed by atoms with Gasteiger partial charge in [-0.2, -0.15) is 0 Å². The first-order chi connectivity index (χ1) is 12.6. The molecule has 0 saturated carbocycles. The van der Waals surface area contributed by atoms with Crippen molar-refractivity contribution in [1.29, 1.82) is 0 Å². The van der Waals surface area contributed by atoms with E-state index >= 15 is 0 Å². The van der Waals surface area contributed by atoms with Gasteiger partial charge in [-0.25, -0.2) is 10.4 Å². The summed E-state index contributed by atoms with van der Waals surface area (Å²) in [4.78, 5) is 16.6. The third-order valence-corrected chi connectivity index (χ3v) is 4.97. The average Bonchev–Trinajstić information content (AvgIpc) is 3.06. The molecule has 1 aliphatic rings. The van der Waals surface area contributed by atoms with Crippen LogP contribution in [0.2, 0.25) is 0 Å². The highest BCUT2D eigenvalue weighted by Gasteiger charge is 2.17. The lowest BCUT2D eigenvalue weighted by Crippen LogP contribution is -2.37. The number of halogens is 1. The van der Waals surface area contributed by atoms with Crippen molar-refractivity contribution in [3.8, 4) is 0 Å². The number of carbonyl (C=O) groups is 1. The number of nitrogens with zero attached hydrogens (tertiary/aromatic N) is 1. The van der Waals surface area contributed by atoms with Crippen LogP contribution in [-0.2, 0) is 4.79 Å². The molecule has 8 heteroatoms. The Morgan fingerprint density at radius 2 is 2.04 bits per heavy atom. The second kappa shape index (κ2) is 9.07. The highest BCUT2D eigenvalue weighted by molar-refractivity contribution is 9.10. The van der Waals surface area contributed by atoms with Gasteiger partial charge in [-0.15, -0.1) is 0 Å². The SMILES string of the molecule is Cc1cccc(NCC2N=C(SCC(=O)Nc3cccc(Br)c3)NN2)c1. The monoisotopic (exact) mass is 433 g/mol. The van der Waals surface area contributed by atoms with Gasteiger partial charge < -0.3 is 10.6 Å². The van der Waals surface area contributed by atoms with Crippen LogP contribution in [0.4, 0.5) is 11.4 Å². The zero-order valence-electron chi connectivity index (χ0n) is 14.3. The summed E-state index contributed by atoms with van der Waals surface area (Å²) >= 11 is 4.76. The van der Waals surface area contributed by atoms with Crippen molar-refractivity contribution in [2.24, 2.45) is 4.99 Å². The van der Waals surface area contributed by atoms with Gasteiger partial charge in [0.1, 0.15) is 6.17 Å². The minimum absolute atomic E-state index is 0.0704. The molecule has 1 atom stereocenters. The number of benzene rings is 2. The standard InChI is InChI=1S/C18H20BrN5OS/c1-12-4-2-6-14(8-12)20-10-16-22-18(24-23-16)26-11-17(25)21-15-7-3-5-13(19)9-15/h2-9,16,20,23H,10-11H2,1H3,(H,21,25)(H,22,24). The molecule has 0 saturated heterocycles. The Bertz CT molecular complexity index is 814. The Kier molecular flexibility index (Phi) is 6.54. The smallest absolute Gasteiger partial charge is 0.234 e. The summed E-state index contributed by atoms with van der Waals surface area (Å²) in [6, 6.07) is 15.7. The Balaban J connectivity index is 1.42. The largest absolute Gasteiger partial charge is 0.381 e. The first-order valence-electron chi connectivity index (χ1n) is 8.16. The molecule has 0 bridgehead atoms. The molecule has 26 heavy (non-hydrogen) atoms. The number of carbonyl (C=O) groups excluding carboxylic acids is 1. The summed E-state index contributed by atoms with van der Waals surface area (Å²) in [6.07, 6.45) is -0.0776. The van der Waals surface area contributed by atoms with Crippen molar-refractivity contribution in [2.75, 3.05) is 22.9 Å². The van der Waals surface area contributed by atoms with Crippen molar-refractivity contribution in [2.45, 2.75) is 13.1 Å². The van der Waals surface area contributed by atoms with E-state index in [1.807, 2.05) is 36.4 Å². The van der Waals surface area contributed by atoms with Gasteiger partial charge in [0.05, 0.1) is 12.3 Å². The molecule has 0 radical (unpaired) electrons. The number of amides is 1. The van der Waals surface area contributed by atoms with Crippen molar-refractivity contribution in [3.05, 3.63) is 58.6 Å². The first kappa shape index (κ1) is 18.8. The molecule has 1 amide bonds. The number of aliphatic imine (C=N–C) groups is 1. The van der Waals surface area contributed by atoms with Crippen LogP contribution in [0.1, 0.15) is 5.56 Å². The third-order valence-electron chi connectivity index (χ3n) is 3.58. The summed E-state index contributed by atoms with van der Waals surface area (Å²) < 4.78 is 0.929. The Morgan fingerprint density at radius 1 is 1.23 bits per heavy atom.